The summed E-state index contributed by atoms with van der Waals surface area (Å²) in [7, 11) is 0. The minimum Gasteiger partial charge on any atom is -0.396 e. The topological polar surface area (TPSA) is 66.6 Å². The van der Waals surface area contributed by atoms with E-state index in [1.165, 1.54) is 0 Å². The minimum atomic E-state index is -0.263. The second-order valence-electron chi connectivity index (χ2n) is 5.68. The first kappa shape index (κ1) is 15.0. The van der Waals surface area contributed by atoms with Crippen LogP contribution in [-0.4, -0.2) is 35.6 Å². The maximum Gasteiger partial charge on any atom is 0.227 e. The van der Waals surface area contributed by atoms with Gasteiger partial charge in [-0.05, 0) is 24.3 Å². The molecule has 0 spiro atoms. The van der Waals surface area contributed by atoms with Crippen molar-refractivity contribution in [3.05, 3.63) is 35.9 Å². The van der Waals surface area contributed by atoms with Crippen LogP contribution in [0.1, 0.15) is 31.4 Å². The molecule has 0 aliphatic carbocycles. The lowest BCUT2D eigenvalue weighted by Gasteiger charge is -2.25. The van der Waals surface area contributed by atoms with E-state index in [0.717, 1.165) is 31.5 Å². The molecule has 4 nitrogen and oxygen atoms in total. The van der Waals surface area contributed by atoms with Gasteiger partial charge in [0.25, 0.3) is 0 Å². The van der Waals surface area contributed by atoms with Crippen molar-refractivity contribution in [1.29, 1.82) is 0 Å². The van der Waals surface area contributed by atoms with Crippen LogP contribution in [0.4, 0.5) is 0 Å². The summed E-state index contributed by atoms with van der Waals surface area (Å²) in [6, 6.07) is 9.50. The number of nitrogens with zero attached hydrogens (tertiary/aromatic N) is 1. The fourth-order valence-corrected chi connectivity index (χ4v) is 2.86. The highest BCUT2D eigenvalue weighted by atomic mass is 16.3. The lowest BCUT2D eigenvalue weighted by molar-refractivity contribution is -0.134. The molecule has 1 amide bonds. The molecule has 1 saturated heterocycles. The Kier molecular flexibility index (Phi) is 5.15. The van der Waals surface area contributed by atoms with E-state index >= 15 is 0 Å². The third-order valence-electron chi connectivity index (χ3n) is 4.25. The molecular formula is C16H24N2O2. The van der Waals surface area contributed by atoms with Crippen LogP contribution < -0.4 is 5.73 Å². The second kappa shape index (κ2) is 6.86. The lowest BCUT2D eigenvalue weighted by atomic mass is 9.94. The molecule has 1 fully saturated rings. The molecule has 1 aromatic rings. The van der Waals surface area contributed by atoms with Crippen molar-refractivity contribution < 1.29 is 9.90 Å². The zero-order chi connectivity index (χ0) is 14.5. The molecule has 0 aromatic heterocycles. The van der Waals surface area contributed by atoms with Crippen molar-refractivity contribution in [3.8, 4) is 0 Å². The standard InChI is InChI=1S/C16H24N2O2/c1-12(15(17)14-5-3-2-4-6-14)16(20)18-9-7-13(11-18)8-10-19/h2-6,12-13,15,19H,7-11,17H2,1H3. The highest BCUT2D eigenvalue weighted by Crippen LogP contribution is 2.25. The van der Waals surface area contributed by atoms with Gasteiger partial charge < -0.3 is 15.7 Å². The highest BCUT2D eigenvalue weighted by molar-refractivity contribution is 5.79. The third-order valence-corrected chi connectivity index (χ3v) is 4.25. The van der Waals surface area contributed by atoms with Crippen molar-refractivity contribution in [2.75, 3.05) is 19.7 Å². The van der Waals surface area contributed by atoms with Crippen LogP contribution in [0.5, 0.6) is 0 Å². The molecule has 4 heteroatoms. The number of rotatable bonds is 5. The van der Waals surface area contributed by atoms with Crippen LogP contribution in [0.25, 0.3) is 0 Å². The Morgan fingerprint density at radius 3 is 2.80 bits per heavy atom. The number of carbonyl (C=O) groups excluding carboxylic acids is 1. The number of carbonyl (C=O) groups is 1. The maximum absolute atomic E-state index is 12.5. The van der Waals surface area contributed by atoms with E-state index < -0.39 is 0 Å². The minimum absolute atomic E-state index is 0.127. The molecule has 2 rings (SSSR count). The first-order valence-corrected chi connectivity index (χ1v) is 7.33. The van der Waals surface area contributed by atoms with Gasteiger partial charge in [0, 0.05) is 25.7 Å². The van der Waals surface area contributed by atoms with E-state index in [1.54, 1.807) is 0 Å². The first-order valence-electron chi connectivity index (χ1n) is 7.33. The largest absolute Gasteiger partial charge is 0.396 e. The van der Waals surface area contributed by atoms with Crippen LogP contribution in [0.2, 0.25) is 0 Å². The van der Waals surface area contributed by atoms with Crippen LogP contribution in [-0.2, 0) is 4.79 Å². The van der Waals surface area contributed by atoms with Crippen LogP contribution in [0, 0.1) is 11.8 Å². The average Bonchev–Trinajstić information content (AvgIpc) is 2.95. The molecule has 110 valence electrons. The zero-order valence-electron chi connectivity index (χ0n) is 12.0. The Hall–Kier alpha value is -1.39. The zero-order valence-corrected chi connectivity index (χ0v) is 12.0. The van der Waals surface area contributed by atoms with Crippen LogP contribution in [0.15, 0.2) is 30.3 Å². The Morgan fingerprint density at radius 2 is 2.15 bits per heavy atom. The summed E-state index contributed by atoms with van der Waals surface area (Å²) in [5, 5.41) is 8.97. The number of benzene rings is 1. The third kappa shape index (κ3) is 3.38. The highest BCUT2D eigenvalue weighted by Gasteiger charge is 2.31. The number of aliphatic hydroxyl groups is 1. The van der Waals surface area contributed by atoms with Gasteiger partial charge in [0.2, 0.25) is 5.91 Å². The summed E-state index contributed by atoms with van der Waals surface area (Å²) in [6.45, 7) is 3.64. The van der Waals surface area contributed by atoms with Gasteiger partial charge in [-0.1, -0.05) is 37.3 Å². The van der Waals surface area contributed by atoms with Gasteiger partial charge in [-0.2, -0.15) is 0 Å². The van der Waals surface area contributed by atoms with Gasteiger partial charge in [0.15, 0.2) is 0 Å². The molecule has 1 aromatic carbocycles. The van der Waals surface area contributed by atoms with E-state index in [0.29, 0.717) is 5.92 Å². The van der Waals surface area contributed by atoms with Gasteiger partial charge >= 0.3 is 0 Å². The number of nitrogens with two attached hydrogens (primary N) is 1. The van der Waals surface area contributed by atoms with Crippen molar-refractivity contribution in [1.82, 2.24) is 4.90 Å². The van der Waals surface area contributed by atoms with Gasteiger partial charge in [-0.25, -0.2) is 0 Å². The number of amides is 1. The van der Waals surface area contributed by atoms with E-state index in [1.807, 2.05) is 42.2 Å². The van der Waals surface area contributed by atoms with Crippen molar-refractivity contribution in [3.63, 3.8) is 0 Å². The summed E-state index contributed by atoms with van der Waals surface area (Å²) >= 11 is 0. The smallest absolute Gasteiger partial charge is 0.227 e. The summed E-state index contributed by atoms with van der Waals surface area (Å²) in [5.74, 6) is 0.344. The van der Waals surface area contributed by atoms with Gasteiger partial charge in [-0.3, -0.25) is 4.79 Å². The Bertz CT molecular complexity index is 435. The number of hydrogen-bond acceptors (Lipinski definition) is 3. The number of aliphatic hydroxyl groups excluding tert-OH is 1. The molecular weight excluding hydrogens is 252 g/mol. The van der Waals surface area contributed by atoms with E-state index in [4.69, 9.17) is 10.8 Å². The average molecular weight is 276 g/mol. The summed E-state index contributed by atoms with van der Waals surface area (Å²) < 4.78 is 0. The maximum atomic E-state index is 12.5. The molecule has 1 aliphatic rings. The lowest BCUT2D eigenvalue weighted by Crippen LogP contribution is -2.38. The Morgan fingerprint density at radius 1 is 1.45 bits per heavy atom. The summed E-state index contributed by atoms with van der Waals surface area (Å²) in [6.07, 6.45) is 1.77. The molecule has 3 atom stereocenters. The molecule has 0 saturated carbocycles. The molecule has 20 heavy (non-hydrogen) atoms. The Balaban J connectivity index is 1.95. The van der Waals surface area contributed by atoms with Crippen molar-refractivity contribution >= 4 is 5.91 Å². The van der Waals surface area contributed by atoms with Gasteiger partial charge in [0.1, 0.15) is 0 Å². The second-order valence-corrected chi connectivity index (χ2v) is 5.68. The van der Waals surface area contributed by atoms with Crippen LogP contribution >= 0.6 is 0 Å². The predicted molar refractivity (Wildman–Crippen MR) is 78.9 cm³/mol. The fraction of sp³-hybridized carbons (Fsp3) is 0.562. The van der Waals surface area contributed by atoms with E-state index in [2.05, 4.69) is 0 Å². The molecule has 1 aliphatic heterocycles. The van der Waals surface area contributed by atoms with Gasteiger partial charge in [0.05, 0.1) is 5.92 Å². The molecule has 3 unspecified atom stereocenters. The monoisotopic (exact) mass is 276 g/mol. The molecule has 0 radical (unpaired) electrons. The Labute approximate surface area is 120 Å². The van der Waals surface area contributed by atoms with Crippen molar-refractivity contribution in [2.45, 2.75) is 25.8 Å². The van der Waals surface area contributed by atoms with Gasteiger partial charge in [-0.15, -0.1) is 0 Å². The normalized spacial score (nSPS) is 21.8. The van der Waals surface area contributed by atoms with Crippen LogP contribution in [0.3, 0.4) is 0 Å². The summed E-state index contributed by atoms with van der Waals surface area (Å²) in [5.41, 5.74) is 7.21. The van der Waals surface area contributed by atoms with Crippen molar-refractivity contribution in [2.24, 2.45) is 17.6 Å². The first-order chi connectivity index (χ1) is 9.63. The molecule has 1 heterocycles. The molecule has 0 bridgehead atoms. The van der Waals surface area contributed by atoms with E-state index in [9.17, 15) is 4.79 Å². The SMILES string of the molecule is CC(C(=O)N1CCC(CCO)C1)C(N)c1ccccc1. The number of hydrogen-bond donors (Lipinski definition) is 2. The summed E-state index contributed by atoms with van der Waals surface area (Å²) in [4.78, 5) is 14.4. The van der Waals surface area contributed by atoms with E-state index in [-0.39, 0.29) is 24.5 Å². The quantitative estimate of drug-likeness (QED) is 0.857. The molecule has 3 N–H and O–H groups in total. The number of likely N-dealkylation sites (tertiary alicyclic amines) is 1. The predicted octanol–water partition coefficient (Wildman–Crippen LogP) is 1.55. The fourth-order valence-electron chi connectivity index (χ4n) is 2.86.